The second kappa shape index (κ2) is 13.8. The third kappa shape index (κ3) is 10.5. The lowest BCUT2D eigenvalue weighted by molar-refractivity contribution is 0.125. The summed E-state index contributed by atoms with van der Waals surface area (Å²) in [6, 6.07) is 0. The number of unbranched alkanes of at least 4 members (excludes halogenated alkanes) is 6. The van der Waals surface area contributed by atoms with E-state index < -0.39 is 8.32 Å². The maximum absolute atomic E-state index is 10.4. The molecule has 1 saturated carbocycles. The molecule has 1 fully saturated rings. The molecule has 1 unspecified atom stereocenters. The van der Waals surface area contributed by atoms with E-state index in [0.717, 1.165) is 38.7 Å². The Hall–Kier alpha value is -0.383. The van der Waals surface area contributed by atoms with Crippen molar-refractivity contribution in [1.29, 1.82) is 0 Å². The van der Waals surface area contributed by atoms with Crippen molar-refractivity contribution in [2.75, 3.05) is 6.61 Å². The molecule has 1 aliphatic rings. The molecule has 1 rings (SSSR count). The van der Waals surface area contributed by atoms with Gasteiger partial charge in [0, 0.05) is 6.61 Å². The number of hydrogen-bond donors (Lipinski definition) is 1. The fraction of sp³-hybridized carbons (Fsp3) is 0.846. The van der Waals surface area contributed by atoms with E-state index in [0.29, 0.717) is 16.9 Å². The molecule has 0 radical (unpaired) electrons. The minimum Gasteiger partial charge on any atom is -0.417 e. The minimum atomic E-state index is -1.59. The van der Waals surface area contributed by atoms with Crippen LogP contribution in [-0.4, -0.2) is 26.1 Å². The van der Waals surface area contributed by atoms with Crippen LogP contribution in [0.1, 0.15) is 98.3 Å². The van der Waals surface area contributed by atoms with Gasteiger partial charge in [0.05, 0.1) is 6.10 Å². The van der Waals surface area contributed by atoms with E-state index in [4.69, 9.17) is 4.43 Å². The molecule has 0 aromatic heterocycles. The van der Waals surface area contributed by atoms with Crippen molar-refractivity contribution in [3.63, 3.8) is 0 Å². The SMILES string of the molecule is CCCCCCC=C[C@H]1CCC(O)[C@@H]1CC=CCCCCO[Si](C)(C)C(C)(C)C. The molecular weight excluding hydrogens is 372 g/mol. The van der Waals surface area contributed by atoms with Crippen LogP contribution >= 0.6 is 0 Å². The molecule has 0 aromatic carbocycles. The quantitative estimate of drug-likeness (QED) is 0.174. The molecule has 0 spiro atoms. The Kier molecular flexibility index (Phi) is 12.7. The molecule has 3 heteroatoms. The maximum Gasteiger partial charge on any atom is 0.191 e. The molecule has 1 aliphatic carbocycles. The van der Waals surface area contributed by atoms with Crippen LogP contribution in [0.15, 0.2) is 24.3 Å². The van der Waals surface area contributed by atoms with Gasteiger partial charge in [0.2, 0.25) is 0 Å². The van der Waals surface area contributed by atoms with Crippen molar-refractivity contribution < 1.29 is 9.53 Å². The molecule has 1 N–H and O–H groups in total. The van der Waals surface area contributed by atoms with E-state index in [9.17, 15) is 5.11 Å². The van der Waals surface area contributed by atoms with Crippen LogP contribution in [0.2, 0.25) is 18.1 Å². The van der Waals surface area contributed by atoms with Crippen molar-refractivity contribution in [3.05, 3.63) is 24.3 Å². The normalized spacial score (nSPS) is 23.6. The van der Waals surface area contributed by atoms with Crippen LogP contribution in [0, 0.1) is 11.8 Å². The van der Waals surface area contributed by atoms with E-state index in [1.165, 1.54) is 38.5 Å². The summed E-state index contributed by atoms with van der Waals surface area (Å²) in [7, 11) is -1.59. The average molecular weight is 423 g/mol. The number of allylic oxidation sites excluding steroid dienone is 4. The Bertz CT molecular complexity index is 476. The Morgan fingerprint density at radius 2 is 1.62 bits per heavy atom. The fourth-order valence-corrected chi connectivity index (χ4v) is 4.97. The van der Waals surface area contributed by atoms with E-state index in [1.807, 2.05) is 0 Å². The number of hydrogen-bond acceptors (Lipinski definition) is 2. The highest BCUT2D eigenvalue weighted by Gasteiger charge is 2.36. The van der Waals surface area contributed by atoms with Gasteiger partial charge < -0.3 is 9.53 Å². The van der Waals surface area contributed by atoms with Crippen LogP contribution in [0.3, 0.4) is 0 Å². The average Bonchev–Trinajstić information content (AvgIpc) is 2.99. The summed E-state index contributed by atoms with van der Waals surface area (Å²) in [5.74, 6) is 0.985. The third-order valence-corrected chi connectivity index (χ3v) is 11.6. The smallest absolute Gasteiger partial charge is 0.191 e. The van der Waals surface area contributed by atoms with Gasteiger partial charge in [-0.3, -0.25) is 0 Å². The summed E-state index contributed by atoms with van der Waals surface area (Å²) in [4.78, 5) is 0. The number of aliphatic hydroxyl groups is 1. The molecule has 0 heterocycles. The zero-order valence-corrected chi connectivity index (χ0v) is 21.4. The highest BCUT2D eigenvalue weighted by molar-refractivity contribution is 6.74. The van der Waals surface area contributed by atoms with Crippen LogP contribution in [0.25, 0.3) is 0 Å². The fourth-order valence-electron chi connectivity index (χ4n) is 3.89. The van der Waals surface area contributed by atoms with Crippen LogP contribution in [0.4, 0.5) is 0 Å². The van der Waals surface area contributed by atoms with E-state index in [2.05, 4.69) is 65.1 Å². The summed E-state index contributed by atoms with van der Waals surface area (Å²) >= 11 is 0. The topological polar surface area (TPSA) is 29.5 Å². The molecule has 0 bridgehead atoms. The van der Waals surface area contributed by atoms with Gasteiger partial charge in [-0.2, -0.15) is 0 Å². The van der Waals surface area contributed by atoms with E-state index in [1.54, 1.807) is 0 Å². The van der Waals surface area contributed by atoms with Crippen molar-refractivity contribution >= 4 is 8.32 Å². The summed E-state index contributed by atoms with van der Waals surface area (Å²) in [6.07, 6.45) is 22.4. The summed E-state index contributed by atoms with van der Waals surface area (Å²) in [5.41, 5.74) is 0. The lowest BCUT2D eigenvalue weighted by Crippen LogP contribution is -2.40. The second-order valence-corrected chi connectivity index (χ2v) is 15.4. The van der Waals surface area contributed by atoms with Gasteiger partial charge in [0.1, 0.15) is 0 Å². The Morgan fingerprint density at radius 1 is 0.931 bits per heavy atom. The highest BCUT2D eigenvalue weighted by atomic mass is 28.4. The van der Waals surface area contributed by atoms with Gasteiger partial charge in [0.25, 0.3) is 0 Å². The first-order valence-electron chi connectivity index (χ1n) is 12.3. The first kappa shape index (κ1) is 26.7. The standard InChI is InChI=1S/C26H50O2Si/c1-7-8-9-10-12-15-18-23-20-21-25(27)24(23)19-16-13-11-14-17-22-28-29(5,6)26(2,3)4/h13,15-16,18,23-25,27H,7-12,14,17,19-22H2,1-6H3/t23-,24+,25?/m0/s1. The van der Waals surface area contributed by atoms with Gasteiger partial charge in [0.15, 0.2) is 8.32 Å². The zero-order valence-electron chi connectivity index (χ0n) is 20.4. The second-order valence-electron chi connectivity index (χ2n) is 10.6. The van der Waals surface area contributed by atoms with E-state index >= 15 is 0 Å². The van der Waals surface area contributed by atoms with Crippen molar-refractivity contribution in [3.8, 4) is 0 Å². The Morgan fingerprint density at radius 3 is 2.31 bits per heavy atom. The van der Waals surface area contributed by atoms with Crippen molar-refractivity contribution in [1.82, 2.24) is 0 Å². The van der Waals surface area contributed by atoms with Gasteiger partial charge in [-0.05, 0) is 81.3 Å². The van der Waals surface area contributed by atoms with Crippen LogP contribution < -0.4 is 0 Å². The summed E-state index contributed by atoms with van der Waals surface area (Å²) in [5, 5.41) is 10.7. The lowest BCUT2D eigenvalue weighted by atomic mass is 9.90. The molecule has 0 aromatic rings. The molecule has 0 aliphatic heterocycles. The predicted molar refractivity (Wildman–Crippen MR) is 131 cm³/mol. The van der Waals surface area contributed by atoms with Gasteiger partial charge in [-0.15, -0.1) is 0 Å². The third-order valence-electron chi connectivity index (χ3n) is 7.06. The first-order valence-corrected chi connectivity index (χ1v) is 15.2. The van der Waals surface area contributed by atoms with Crippen molar-refractivity contribution in [2.24, 2.45) is 11.8 Å². The Balaban J connectivity index is 2.22. The molecular formula is C26H50O2Si. The predicted octanol–water partition coefficient (Wildman–Crippen LogP) is 8.04. The van der Waals surface area contributed by atoms with Gasteiger partial charge in [-0.1, -0.05) is 71.3 Å². The minimum absolute atomic E-state index is 0.118. The molecule has 0 amide bonds. The van der Waals surface area contributed by atoms with Crippen LogP contribution in [-0.2, 0) is 4.43 Å². The first-order chi connectivity index (χ1) is 13.7. The maximum atomic E-state index is 10.4. The molecule has 3 atom stereocenters. The zero-order chi connectivity index (χ0) is 21.8. The van der Waals surface area contributed by atoms with Gasteiger partial charge >= 0.3 is 0 Å². The number of rotatable bonds is 14. The largest absolute Gasteiger partial charge is 0.417 e. The summed E-state index contributed by atoms with van der Waals surface area (Å²) in [6.45, 7) is 14.7. The lowest BCUT2D eigenvalue weighted by Gasteiger charge is -2.36. The van der Waals surface area contributed by atoms with Crippen molar-refractivity contribution in [2.45, 2.75) is 123 Å². The molecule has 29 heavy (non-hydrogen) atoms. The van der Waals surface area contributed by atoms with E-state index in [-0.39, 0.29) is 6.10 Å². The highest BCUT2D eigenvalue weighted by Crippen LogP contribution is 2.37. The molecule has 170 valence electrons. The Labute approximate surface area is 183 Å². The number of aliphatic hydroxyl groups excluding tert-OH is 1. The van der Waals surface area contributed by atoms with Crippen LogP contribution in [0.5, 0.6) is 0 Å². The molecule has 0 saturated heterocycles. The molecule has 2 nitrogen and oxygen atoms in total. The van der Waals surface area contributed by atoms with Gasteiger partial charge in [-0.25, -0.2) is 0 Å². The monoisotopic (exact) mass is 422 g/mol. The summed E-state index contributed by atoms with van der Waals surface area (Å²) < 4.78 is 6.25.